The Balaban J connectivity index is 1.57. The van der Waals surface area contributed by atoms with Crippen LogP contribution >= 0.6 is 23.4 Å². The molecule has 4 nitrogen and oxygen atoms in total. The molecule has 1 spiro atoms. The second-order valence-corrected chi connectivity index (χ2v) is 9.87. The summed E-state index contributed by atoms with van der Waals surface area (Å²) in [5.41, 5.74) is 3.98. The molecule has 1 atom stereocenters. The van der Waals surface area contributed by atoms with Gasteiger partial charge in [0, 0.05) is 28.8 Å². The number of hydrogen-bond acceptors (Lipinski definition) is 3. The summed E-state index contributed by atoms with van der Waals surface area (Å²) in [5, 5.41) is 0.594. The van der Waals surface area contributed by atoms with Crippen LogP contribution in [0.25, 0.3) is 0 Å². The minimum Gasteiger partial charge on any atom is -0.315 e. The first kappa shape index (κ1) is 19.0. The number of benzene rings is 2. The molecule has 6 heteroatoms. The van der Waals surface area contributed by atoms with Crippen molar-refractivity contribution in [3.63, 3.8) is 0 Å². The molecule has 1 unspecified atom stereocenters. The van der Waals surface area contributed by atoms with Gasteiger partial charge in [0.25, 0.3) is 5.91 Å². The van der Waals surface area contributed by atoms with Gasteiger partial charge in [-0.2, -0.15) is 0 Å². The molecule has 150 valence electrons. The molecule has 2 fully saturated rings. The van der Waals surface area contributed by atoms with Crippen molar-refractivity contribution in [2.45, 2.75) is 37.6 Å². The number of amides is 2. The van der Waals surface area contributed by atoms with Crippen molar-refractivity contribution in [1.82, 2.24) is 4.90 Å². The van der Waals surface area contributed by atoms with Crippen LogP contribution in [0.1, 0.15) is 36.0 Å². The first-order valence-corrected chi connectivity index (χ1v) is 11.5. The van der Waals surface area contributed by atoms with Crippen molar-refractivity contribution in [1.29, 1.82) is 0 Å². The number of hydrogen-bond donors (Lipinski definition) is 0. The van der Waals surface area contributed by atoms with Crippen molar-refractivity contribution in [2.24, 2.45) is 5.92 Å². The van der Waals surface area contributed by atoms with Crippen molar-refractivity contribution >= 4 is 40.9 Å². The lowest BCUT2D eigenvalue weighted by atomic mass is 9.84. The second-order valence-electron chi connectivity index (χ2n) is 8.15. The van der Waals surface area contributed by atoms with Gasteiger partial charge in [0.05, 0.1) is 12.2 Å². The first-order valence-electron chi connectivity index (χ1n) is 10.1. The van der Waals surface area contributed by atoms with Gasteiger partial charge in [-0.25, -0.2) is 0 Å². The van der Waals surface area contributed by atoms with Gasteiger partial charge in [-0.3, -0.25) is 9.59 Å². The maximum absolute atomic E-state index is 13.9. The van der Waals surface area contributed by atoms with E-state index in [2.05, 4.69) is 31.2 Å². The largest absolute Gasteiger partial charge is 0.315 e. The highest BCUT2D eigenvalue weighted by molar-refractivity contribution is 8.01. The van der Waals surface area contributed by atoms with Crippen LogP contribution in [0.5, 0.6) is 0 Å². The number of halogens is 1. The summed E-state index contributed by atoms with van der Waals surface area (Å²) in [6.45, 7) is 3.15. The molecule has 2 amide bonds. The number of fused-ring (bicyclic) bond motifs is 2. The quantitative estimate of drug-likeness (QED) is 0.712. The van der Waals surface area contributed by atoms with Crippen molar-refractivity contribution in [2.75, 3.05) is 17.2 Å². The fourth-order valence-corrected chi connectivity index (χ4v) is 6.15. The molecule has 0 N–H and O–H groups in total. The number of nitrogens with zero attached hydrogens (tertiary/aromatic N) is 2. The molecular formula is C23H23ClN2O2S. The average molecular weight is 427 g/mol. The van der Waals surface area contributed by atoms with Gasteiger partial charge in [0.2, 0.25) is 5.91 Å². The predicted octanol–water partition coefficient (Wildman–Crippen LogP) is 4.72. The highest BCUT2D eigenvalue weighted by Crippen LogP contribution is 2.55. The fourth-order valence-electron chi connectivity index (χ4n) is 4.52. The second kappa shape index (κ2) is 7.06. The van der Waals surface area contributed by atoms with Gasteiger partial charge < -0.3 is 9.80 Å². The van der Waals surface area contributed by atoms with Crippen molar-refractivity contribution in [3.8, 4) is 0 Å². The zero-order valence-electron chi connectivity index (χ0n) is 16.4. The zero-order valence-corrected chi connectivity index (χ0v) is 17.9. The molecule has 1 saturated heterocycles. The third kappa shape index (κ3) is 2.89. The summed E-state index contributed by atoms with van der Waals surface area (Å²) in [6, 6.07) is 13.9. The van der Waals surface area contributed by atoms with Gasteiger partial charge in [-0.15, -0.1) is 11.8 Å². The Kier molecular flexibility index (Phi) is 4.63. The van der Waals surface area contributed by atoms with Crippen LogP contribution in [0, 0.1) is 12.8 Å². The van der Waals surface area contributed by atoms with Crippen molar-refractivity contribution < 1.29 is 9.59 Å². The topological polar surface area (TPSA) is 40.6 Å². The van der Waals surface area contributed by atoms with Gasteiger partial charge in [-0.1, -0.05) is 47.9 Å². The smallest absolute Gasteiger partial charge is 0.268 e. The summed E-state index contributed by atoms with van der Waals surface area (Å²) in [7, 11) is 0. The van der Waals surface area contributed by atoms with Crippen LogP contribution in [-0.4, -0.2) is 29.0 Å². The summed E-state index contributed by atoms with van der Waals surface area (Å²) in [5.74, 6) is 0.921. The normalized spacial score (nSPS) is 23.6. The third-order valence-electron chi connectivity index (χ3n) is 6.34. The number of thioether (sulfide) groups is 1. The van der Waals surface area contributed by atoms with E-state index in [-0.39, 0.29) is 17.7 Å². The lowest BCUT2D eigenvalue weighted by Crippen LogP contribution is -2.52. The Morgan fingerprint density at radius 2 is 1.97 bits per heavy atom. The van der Waals surface area contributed by atoms with Gasteiger partial charge in [0.15, 0.2) is 4.87 Å². The Morgan fingerprint density at radius 3 is 2.66 bits per heavy atom. The summed E-state index contributed by atoms with van der Waals surface area (Å²) in [6.07, 6.45) is 2.96. The lowest BCUT2D eigenvalue weighted by Gasteiger charge is -2.37. The van der Waals surface area contributed by atoms with E-state index in [1.54, 1.807) is 11.8 Å². The summed E-state index contributed by atoms with van der Waals surface area (Å²) < 4.78 is 0. The van der Waals surface area contributed by atoms with Crippen LogP contribution in [0.2, 0.25) is 5.02 Å². The maximum atomic E-state index is 13.9. The van der Waals surface area contributed by atoms with Gasteiger partial charge in [0.1, 0.15) is 0 Å². The van der Waals surface area contributed by atoms with E-state index in [0.717, 1.165) is 41.8 Å². The molecule has 1 saturated carbocycles. The minimum absolute atomic E-state index is 0.0227. The van der Waals surface area contributed by atoms with E-state index in [1.165, 1.54) is 5.56 Å². The van der Waals surface area contributed by atoms with Gasteiger partial charge in [-0.05, 0) is 43.5 Å². The maximum Gasteiger partial charge on any atom is 0.268 e. The highest BCUT2D eigenvalue weighted by atomic mass is 35.5. The molecule has 0 bridgehead atoms. The van der Waals surface area contributed by atoms with Crippen LogP contribution in [0.4, 0.5) is 5.69 Å². The zero-order chi connectivity index (χ0) is 20.2. The predicted molar refractivity (Wildman–Crippen MR) is 117 cm³/mol. The lowest BCUT2D eigenvalue weighted by molar-refractivity contribution is -0.145. The fraction of sp³-hybridized carbons (Fsp3) is 0.391. The molecule has 0 radical (unpaired) electrons. The Labute approximate surface area is 180 Å². The third-order valence-corrected chi connectivity index (χ3v) is 7.99. The molecule has 2 aromatic rings. The Hall–Kier alpha value is -1.98. The summed E-state index contributed by atoms with van der Waals surface area (Å²) >= 11 is 7.92. The average Bonchev–Trinajstić information content (AvgIpc) is 3.19. The van der Waals surface area contributed by atoms with Crippen LogP contribution in [0.3, 0.4) is 0 Å². The number of carbonyl (C=O) groups is 2. The number of carbonyl (C=O) groups excluding carboxylic acids is 2. The number of aryl methyl sites for hydroxylation is 1. The SMILES string of the molecule is Cc1ccc(CN2C(=O)C3(SCCN3C(=O)C3CCC3)c3cc(Cl)ccc32)cc1. The van der Waals surface area contributed by atoms with E-state index in [1.807, 2.05) is 28.0 Å². The van der Waals surface area contributed by atoms with Crippen LogP contribution in [0.15, 0.2) is 42.5 Å². The first-order chi connectivity index (χ1) is 14.0. The molecule has 3 aliphatic rings. The van der Waals surface area contributed by atoms with Gasteiger partial charge >= 0.3 is 0 Å². The van der Waals surface area contributed by atoms with E-state index >= 15 is 0 Å². The minimum atomic E-state index is -0.975. The highest BCUT2D eigenvalue weighted by Gasteiger charge is 2.60. The molecule has 2 heterocycles. The monoisotopic (exact) mass is 426 g/mol. The van der Waals surface area contributed by atoms with Crippen LogP contribution < -0.4 is 4.90 Å². The van der Waals surface area contributed by atoms with E-state index < -0.39 is 4.87 Å². The molecule has 29 heavy (non-hydrogen) atoms. The molecular weight excluding hydrogens is 404 g/mol. The van der Waals surface area contributed by atoms with E-state index in [9.17, 15) is 9.59 Å². The summed E-state index contributed by atoms with van der Waals surface area (Å²) in [4.78, 5) is 29.8. The molecule has 1 aliphatic carbocycles. The van der Waals surface area contributed by atoms with E-state index in [4.69, 9.17) is 11.6 Å². The molecule has 0 aromatic heterocycles. The Morgan fingerprint density at radius 1 is 1.21 bits per heavy atom. The standard InChI is InChI=1S/C23H23ClN2O2S/c1-15-5-7-16(8-6-15)14-25-20-10-9-18(24)13-19(20)23(22(25)28)26(11-12-29-23)21(27)17-3-2-4-17/h5-10,13,17H,2-4,11-12,14H2,1H3. The van der Waals surface area contributed by atoms with Crippen molar-refractivity contribution in [3.05, 3.63) is 64.2 Å². The number of anilines is 1. The molecule has 2 aromatic carbocycles. The Bertz CT molecular complexity index is 989. The number of rotatable bonds is 3. The molecule has 2 aliphatic heterocycles. The molecule has 5 rings (SSSR count). The van der Waals surface area contributed by atoms with Crippen LogP contribution in [-0.2, 0) is 21.0 Å². The van der Waals surface area contributed by atoms with E-state index in [0.29, 0.717) is 18.1 Å².